The average molecular weight is 567 g/mol. The van der Waals surface area contributed by atoms with Crippen LogP contribution in [0.5, 0.6) is 5.75 Å². The number of carbonyl (C=O) groups is 1. The minimum Gasteiger partial charge on any atom is -0.497 e. The van der Waals surface area contributed by atoms with Crippen LogP contribution in [-0.4, -0.2) is 17.9 Å². The van der Waals surface area contributed by atoms with E-state index in [2.05, 4.69) is 27.9 Å². The summed E-state index contributed by atoms with van der Waals surface area (Å²) in [4.78, 5) is 25.8. The zero-order valence-corrected chi connectivity index (χ0v) is 20.1. The third kappa shape index (κ3) is 3.98. The molecule has 5 rings (SSSR count). The number of ether oxygens (including phenoxy) is 1. The number of anilines is 2. The number of benzene rings is 3. The first-order valence-electron chi connectivity index (χ1n) is 10.3. The first-order chi connectivity index (χ1) is 16.4. The maximum absolute atomic E-state index is 13.6. The van der Waals surface area contributed by atoms with Gasteiger partial charge in [-0.2, -0.15) is 0 Å². The predicted octanol–water partition coefficient (Wildman–Crippen LogP) is 6.24. The number of amides is 1. The van der Waals surface area contributed by atoms with Gasteiger partial charge in [0.15, 0.2) is 6.17 Å². The Kier molecular flexibility index (Phi) is 5.70. The lowest BCUT2D eigenvalue weighted by Crippen LogP contribution is -2.43. The molecule has 0 bridgehead atoms. The maximum atomic E-state index is 13.6. The number of nitrogens with zero attached hydrogens (tertiary/aromatic N) is 2. The summed E-state index contributed by atoms with van der Waals surface area (Å²) in [7, 11) is 1.59. The van der Waals surface area contributed by atoms with Crippen molar-refractivity contribution in [2.45, 2.75) is 6.17 Å². The highest BCUT2D eigenvalue weighted by molar-refractivity contribution is 14.1. The van der Waals surface area contributed by atoms with Crippen molar-refractivity contribution in [1.82, 2.24) is 0 Å². The van der Waals surface area contributed by atoms with Gasteiger partial charge in [-0.3, -0.25) is 19.8 Å². The summed E-state index contributed by atoms with van der Waals surface area (Å²) in [6.45, 7) is 0. The molecule has 0 radical (unpaired) electrons. The second-order valence-electron chi connectivity index (χ2n) is 7.62. The Labute approximate surface area is 208 Å². The number of hydrogen-bond acceptors (Lipinski definition) is 6. The standard InChI is InChI=1S/C25H18IN3O5/c1-33-19-9-7-17(8-10-19)28-24(27-21-11-4-16(26)14-20(21)25(28)30)23-13-12-22(34-23)15-2-5-18(6-3-15)29(31)32/h2-14,24,27H,1H3/t24-/m0/s1. The zero-order valence-electron chi connectivity index (χ0n) is 17.9. The number of non-ortho nitro benzene ring substituents is 1. The topological polar surface area (TPSA) is 97.8 Å². The molecule has 0 unspecified atom stereocenters. The summed E-state index contributed by atoms with van der Waals surface area (Å²) in [5.41, 5.74) is 2.67. The van der Waals surface area contributed by atoms with E-state index in [0.717, 1.165) is 3.57 Å². The van der Waals surface area contributed by atoms with Crippen LogP contribution in [0.25, 0.3) is 11.3 Å². The number of hydrogen-bond donors (Lipinski definition) is 1. The molecule has 1 amide bonds. The van der Waals surface area contributed by atoms with Crippen molar-refractivity contribution in [2.75, 3.05) is 17.3 Å². The van der Waals surface area contributed by atoms with Crippen molar-refractivity contribution in [3.63, 3.8) is 0 Å². The number of carbonyl (C=O) groups excluding carboxylic acids is 1. The molecule has 0 aliphatic carbocycles. The second kappa shape index (κ2) is 8.82. The van der Waals surface area contributed by atoms with Gasteiger partial charge in [-0.1, -0.05) is 0 Å². The van der Waals surface area contributed by atoms with E-state index in [1.807, 2.05) is 30.3 Å². The molecule has 4 aromatic rings. The number of fused-ring (bicyclic) bond motifs is 1. The fourth-order valence-corrected chi connectivity index (χ4v) is 4.38. The Balaban J connectivity index is 1.55. The SMILES string of the molecule is COc1ccc(N2C(=O)c3cc(I)ccc3N[C@@H]2c2ccc(-c3ccc([N+](=O)[O-])cc3)o2)cc1. The van der Waals surface area contributed by atoms with Gasteiger partial charge in [0.2, 0.25) is 0 Å². The summed E-state index contributed by atoms with van der Waals surface area (Å²) in [5.74, 6) is 1.60. The first kappa shape index (κ1) is 22.0. The van der Waals surface area contributed by atoms with Crippen LogP contribution in [0, 0.1) is 13.7 Å². The predicted molar refractivity (Wildman–Crippen MR) is 136 cm³/mol. The first-order valence-corrected chi connectivity index (χ1v) is 11.4. The molecular weight excluding hydrogens is 549 g/mol. The van der Waals surface area contributed by atoms with Crippen LogP contribution < -0.4 is 15.0 Å². The van der Waals surface area contributed by atoms with Gasteiger partial charge in [0.25, 0.3) is 11.6 Å². The Morgan fingerprint density at radius 1 is 1.03 bits per heavy atom. The van der Waals surface area contributed by atoms with E-state index in [1.165, 1.54) is 12.1 Å². The van der Waals surface area contributed by atoms with Crippen molar-refractivity contribution in [3.8, 4) is 17.1 Å². The minimum absolute atomic E-state index is 0.00648. The van der Waals surface area contributed by atoms with Crippen LogP contribution in [0.1, 0.15) is 22.3 Å². The van der Waals surface area contributed by atoms with E-state index in [0.29, 0.717) is 39.8 Å². The van der Waals surface area contributed by atoms with Crippen LogP contribution in [0.3, 0.4) is 0 Å². The third-order valence-corrected chi connectivity index (χ3v) is 6.26. The van der Waals surface area contributed by atoms with Gasteiger partial charge in [-0.05, 0) is 89.3 Å². The number of methoxy groups -OCH3 is 1. The molecule has 0 saturated heterocycles. The van der Waals surface area contributed by atoms with Gasteiger partial charge in [0.05, 0.1) is 17.6 Å². The normalized spacial score (nSPS) is 14.9. The number of nitro groups is 1. The molecule has 1 atom stereocenters. The molecule has 1 N–H and O–H groups in total. The molecule has 9 heteroatoms. The highest BCUT2D eigenvalue weighted by Crippen LogP contribution is 2.39. The van der Waals surface area contributed by atoms with Crippen molar-refractivity contribution < 1.29 is 18.9 Å². The number of nitro benzene ring substituents is 1. The molecule has 8 nitrogen and oxygen atoms in total. The monoisotopic (exact) mass is 567 g/mol. The van der Waals surface area contributed by atoms with E-state index in [-0.39, 0.29) is 11.6 Å². The molecule has 2 heterocycles. The van der Waals surface area contributed by atoms with E-state index >= 15 is 0 Å². The van der Waals surface area contributed by atoms with E-state index in [9.17, 15) is 14.9 Å². The number of rotatable bonds is 5. The fourth-order valence-electron chi connectivity index (χ4n) is 3.89. The lowest BCUT2D eigenvalue weighted by Gasteiger charge is -2.36. The van der Waals surface area contributed by atoms with Crippen LogP contribution in [0.15, 0.2) is 83.3 Å². The van der Waals surface area contributed by atoms with E-state index < -0.39 is 11.1 Å². The maximum Gasteiger partial charge on any atom is 0.269 e. The van der Waals surface area contributed by atoms with Gasteiger partial charge < -0.3 is 14.5 Å². The van der Waals surface area contributed by atoms with Crippen LogP contribution >= 0.6 is 22.6 Å². The van der Waals surface area contributed by atoms with Crippen molar-refractivity contribution in [1.29, 1.82) is 0 Å². The highest BCUT2D eigenvalue weighted by atomic mass is 127. The minimum atomic E-state index is -0.597. The molecular formula is C25H18IN3O5. The summed E-state index contributed by atoms with van der Waals surface area (Å²) in [6, 6.07) is 22.6. The Morgan fingerprint density at radius 3 is 2.44 bits per heavy atom. The van der Waals surface area contributed by atoms with Gasteiger partial charge in [-0.25, -0.2) is 0 Å². The van der Waals surface area contributed by atoms with Crippen LogP contribution in [0.2, 0.25) is 0 Å². The van der Waals surface area contributed by atoms with Crippen molar-refractivity contribution >= 4 is 45.6 Å². The zero-order chi connectivity index (χ0) is 23.8. The molecule has 1 aromatic heterocycles. The molecule has 0 fully saturated rings. The Morgan fingerprint density at radius 2 is 1.76 bits per heavy atom. The van der Waals surface area contributed by atoms with Crippen molar-refractivity contribution in [2.24, 2.45) is 0 Å². The molecule has 170 valence electrons. The van der Waals surface area contributed by atoms with Gasteiger partial charge >= 0.3 is 0 Å². The van der Waals surface area contributed by atoms with E-state index in [4.69, 9.17) is 9.15 Å². The average Bonchev–Trinajstić information content (AvgIpc) is 3.35. The highest BCUT2D eigenvalue weighted by Gasteiger charge is 2.36. The Hall–Kier alpha value is -3.86. The molecule has 3 aromatic carbocycles. The molecule has 34 heavy (non-hydrogen) atoms. The third-order valence-electron chi connectivity index (χ3n) is 5.59. The summed E-state index contributed by atoms with van der Waals surface area (Å²) in [6.07, 6.45) is -0.597. The fraction of sp³-hybridized carbons (Fsp3) is 0.0800. The van der Waals surface area contributed by atoms with Crippen LogP contribution in [0.4, 0.5) is 17.1 Å². The quantitative estimate of drug-likeness (QED) is 0.174. The van der Waals surface area contributed by atoms with Crippen molar-refractivity contribution in [3.05, 3.63) is 104 Å². The molecule has 0 saturated carbocycles. The van der Waals surface area contributed by atoms with Crippen LogP contribution in [-0.2, 0) is 0 Å². The summed E-state index contributed by atoms with van der Waals surface area (Å²) in [5, 5.41) is 14.4. The Bertz CT molecular complexity index is 1380. The number of nitrogens with one attached hydrogen (secondary N) is 1. The largest absolute Gasteiger partial charge is 0.497 e. The summed E-state index contributed by atoms with van der Waals surface area (Å²) >= 11 is 2.18. The van der Waals surface area contributed by atoms with Gasteiger partial charge in [-0.15, -0.1) is 0 Å². The smallest absolute Gasteiger partial charge is 0.269 e. The lowest BCUT2D eigenvalue weighted by molar-refractivity contribution is -0.384. The number of furan rings is 1. The summed E-state index contributed by atoms with van der Waals surface area (Å²) < 4.78 is 12.4. The van der Waals surface area contributed by atoms with Gasteiger partial charge in [0, 0.05) is 32.6 Å². The lowest BCUT2D eigenvalue weighted by atomic mass is 10.1. The van der Waals surface area contributed by atoms with E-state index in [1.54, 1.807) is 48.4 Å². The molecule has 0 spiro atoms. The molecule has 1 aliphatic heterocycles. The number of halogens is 1. The molecule has 1 aliphatic rings. The second-order valence-corrected chi connectivity index (χ2v) is 8.86. The van der Waals surface area contributed by atoms with Gasteiger partial charge in [0.1, 0.15) is 17.3 Å².